The quantitative estimate of drug-likeness (QED) is 0.178. The predicted octanol–water partition coefficient (Wildman–Crippen LogP) is 13.7. The van der Waals surface area contributed by atoms with Crippen molar-refractivity contribution in [1.82, 2.24) is 14.5 Å². The minimum Gasteiger partial charge on any atom is -0.309 e. The van der Waals surface area contributed by atoms with Gasteiger partial charge in [-0.15, -0.1) is 0 Å². The number of fused-ring (bicyclic) bond motifs is 7. The van der Waals surface area contributed by atoms with E-state index in [1.54, 1.807) is 0 Å². The maximum Gasteiger partial charge on any atom is 0.160 e. The van der Waals surface area contributed by atoms with Crippen molar-refractivity contribution < 1.29 is 0 Å². The van der Waals surface area contributed by atoms with Crippen LogP contribution in [-0.2, 0) is 5.41 Å². The maximum atomic E-state index is 5.15. The molecule has 0 N–H and O–H groups in total. The van der Waals surface area contributed by atoms with Gasteiger partial charge in [0.05, 0.1) is 22.4 Å². The molecule has 3 nitrogen and oxygen atoms in total. The molecule has 0 unspecified atom stereocenters. The summed E-state index contributed by atoms with van der Waals surface area (Å²) in [5.41, 5.74) is 16.2. The highest BCUT2D eigenvalue weighted by Crippen LogP contribution is 2.53. The number of benzene rings is 8. The molecule has 0 bridgehead atoms. The molecule has 0 amide bonds. The first-order valence-corrected chi connectivity index (χ1v) is 19.3. The Balaban J connectivity index is 0.995. The van der Waals surface area contributed by atoms with Crippen molar-refractivity contribution in [2.75, 3.05) is 0 Å². The third-order valence-electron chi connectivity index (χ3n) is 11.8. The molecular formula is C53H37N3. The Bertz CT molecular complexity index is 3080. The molecule has 56 heavy (non-hydrogen) atoms. The standard InChI is InChI=1S/C53H37N3/c1-53(2)45-20-12-19-41(51(45)44-31-38-15-6-7-16-39(38)32-46(44)53)34-23-25-35(26-24-34)47-33-48(55-52(54-47)37-13-4-3-5-14-37)36-27-29-40(30-28-36)56-49-21-10-8-17-42(49)43-18-9-11-22-50(43)56/h3-33H,1-2H3. The van der Waals surface area contributed by atoms with Crippen molar-refractivity contribution in [3.05, 3.63) is 199 Å². The number of rotatable bonds is 5. The average molecular weight is 716 g/mol. The molecule has 1 aliphatic carbocycles. The fourth-order valence-corrected chi connectivity index (χ4v) is 8.98. The summed E-state index contributed by atoms with van der Waals surface area (Å²) in [7, 11) is 0. The van der Waals surface area contributed by atoms with Crippen molar-refractivity contribution in [3.63, 3.8) is 0 Å². The molecular weight excluding hydrogens is 679 g/mol. The second-order valence-electron chi connectivity index (χ2n) is 15.4. The van der Waals surface area contributed by atoms with E-state index in [9.17, 15) is 0 Å². The Kier molecular flexibility index (Phi) is 7.20. The minimum absolute atomic E-state index is 0.0858. The molecule has 1 aliphatic rings. The fourth-order valence-electron chi connectivity index (χ4n) is 8.98. The zero-order valence-electron chi connectivity index (χ0n) is 31.2. The lowest BCUT2D eigenvalue weighted by Crippen LogP contribution is -2.14. The summed E-state index contributed by atoms with van der Waals surface area (Å²) in [5, 5.41) is 5.07. The summed E-state index contributed by atoms with van der Waals surface area (Å²) < 4.78 is 2.35. The Morgan fingerprint density at radius 3 is 1.62 bits per heavy atom. The number of nitrogens with zero attached hydrogens (tertiary/aromatic N) is 3. The van der Waals surface area contributed by atoms with Crippen LogP contribution in [-0.4, -0.2) is 14.5 Å². The molecule has 3 heteroatoms. The van der Waals surface area contributed by atoms with Crippen LogP contribution in [0.1, 0.15) is 25.0 Å². The molecule has 8 aromatic carbocycles. The SMILES string of the molecule is CC1(C)c2cc3ccccc3cc2-c2c(-c3ccc(-c4cc(-c5ccc(-n6c7ccccc7c7ccccc76)cc5)nc(-c5ccccc5)n4)cc3)cccc21. The van der Waals surface area contributed by atoms with Gasteiger partial charge in [0.15, 0.2) is 5.82 Å². The minimum atomic E-state index is -0.0858. The summed E-state index contributed by atoms with van der Waals surface area (Å²) in [5.74, 6) is 0.709. The van der Waals surface area contributed by atoms with Crippen LogP contribution in [0.15, 0.2) is 188 Å². The molecule has 0 spiro atoms. The van der Waals surface area contributed by atoms with E-state index in [0.717, 1.165) is 33.8 Å². The van der Waals surface area contributed by atoms with Crippen molar-refractivity contribution in [3.8, 4) is 61.8 Å². The summed E-state index contributed by atoms with van der Waals surface area (Å²) in [6.07, 6.45) is 0. The van der Waals surface area contributed by atoms with Crippen molar-refractivity contribution in [2.24, 2.45) is 0 Å². The van der Waals surface area contributed by atoms with Crippen molar-refractivity contribution >= 4 is 32.6 Å². The predicted molar refractivity (Wildman–Crippen MR) is 233 cm³/mol. The van der Waals surface area contributed by atoms with Gasteiger partial charge in [-0.2, -0.15) is 0 Å². The number of aromatic nitrogens is 3. The summed E-state index contributed by atoms with van der Waals surface area (Å²) in [4.78, 5) is 10.3. The lowest BCUT2D eigenvalue weighted by atomic mass is 9.81. The molecule has 0 saturated carbocycles. The van der Waals surface area contributed by atoms with Gasteiger partial charge in [-0.1, -0.05) is 159 Å². The second kappa shape index (κ2) is 12.5. The van der Waals surface area contributed by atoms with E-state index in [0.29, 0.717) is 5.82 Å². The Labute approximate surface area is 326 Å². The highest BCUT2D eigenvalue weighted by Gasteiger charge is 2.37. The molecule has 0 saturated heterocycles. The monoisotopic (exact) mass is 715 g/mol. The smallest absolute Gasteiger partial charge is 0.160 e. The lowest BCUT2D eigenvalue weighted by Gasteiger charge is -2.22. The molecule has 0 radical (unpaired) electrons. The van der Waals surface area contributed by atoms with Crippen LogP contribution in [0.4, 0.5) is 0 Å². The number of hydrogen-bond donors (Lipinski definition) is 0. The van der Waals surface area contributed by atoms with E-state index < -0.39 is 0 Å². The van der Waals surface area contributed by atoms with Crippen LogP contribution < -0.4 is 0 Å². The van der Waals surface area contributed by atoms with Gasteiger partial charge in [0.1, 0.15) is 0 Å². The van der Waals surface area contributed by atoms with Gasteiger partial charge >= 0.3 is 0 Å². The summed E-state index contributed by atoms with van der Waals surface area (Å²) in [6.45, 7) is 4.71. The van der Waals surface area contributed by atoms with Crippen LogP contribution in [0.2, 0.25) is 0 Å². The fraction of sp³-hybridized carbons (Fsp3) is 0.0566. The number of hydrogen-bond acceptors (Lipinski definition) is 2. The van der Waals surface area contributed by atoms with Gasteiger partial charge in [0.25, 0.3) is 0 Å². The third kappa shape index (κ3) is 5.05. The Morgan fingerprint density at radius 2 is 0.964 bits per heavy atom. The van der Waals surface area contributed by atoms with E-state index >= 15 is 0 Å². The van der Waals surface area contributed by atoms with E-state index in [1.165, 1.54) is 66.0 Å². The first-order chi connectivity index (χ1) is 27.5. The van der Waals surface area contributed by atoms with Gasteiger partial charge in [-0.25, -0.2) is 9.97 Å². The zero-order chi connectivity index (χ0) is 37.4. The van der Waals surface area contributed by atoms with Gasteiger partial charge < -0.3 is 4.57 Å². The maximum absolute atomic E-state index is 5.15. The topological polar surface area (TPSA) is 30.7 Å². The number of para-hydroxylation sites is 2. The van der Waals surface area contributed by atoms with E-state index in [2.05, 4.69) is 188 Å². The summed E-state index contributed by atoms with van der Waals surface area (Å²) in [6, 6.07) is 67.6. The van der Waals surface area contributed by atoms with Crippen LogP contribution in [0.3, 0.4) is 0 Å². The molecule has 0 atom stereocenters. The third-order valence-corrected chi connectivity index (χ3v) is 11.8. The molecule has 264 valence electrons. The van der Waals surface area contributed by atoms with Crippen LogP contribution in [0.25, 0.3) is 94.4 Å². The molecule has 2 heterocycles. The molecule has 0 fully saturated rings. The van der Waals surface area contributed by atoms with Crippen LogP contribution >= 0.6 is 0 Å². The largest absolute Gasteiger partial charge is 0.309 e. The molecule has 10 aromatic rings. The highest BCUT2D eigenvalue weighted by molar-refractivity contribution is 6.09. The highest BCUT2D eigenvalue weighted by atomic mass is 15.0. The second-order valence-corrected chi connectivity index (χ2v) is 15.4. The summed E-state index contributed by atoms with van der Waals surface area (Å²) >= 11 is 0. The van der Waals surface area contributed by atoms with E-state index in [4.69, 9.17) is 9.97 Å². The van der Waals surface area contributed by atoms with Gasteiger partial charge in [-0.3, -0.25) is 0 Å². The molecule has 2 aromatic heterocycles. The first-order valence-electron chi connectivity index (χ1n) is 19.3. The van der Waals surface area contributed by atoms with Gasteiger partial charge in [0.2, 0.25) is 0 Å². The van der Waals surface area contributed by atoms with E-state index in [-0.39, 0.29) is 5.41 Å². The molecule has 0 aliphatic heterocycles. The van der Waals surface area contributed by atoms with Crippen molar-refractivity contribution in [1.29, 1.82) is 0 Å². The Hall–Kier alpha value is -7.10. The average Bonchev–Trinajstić information content (AvgIpc) is 3.71. The van der Waals surface area contributed by atoms with Gasteiger partial charge in [0, 0.05) is 38.6 Å². The van der Waals surface area contributed by atoms with E-state index in [1.807, 2.05) is 18.2 Å². The zero-order valence-corrected chi connectivity index (χ0v) is 31.2. The normalized spacial score (nSPS) is 13.0. The van der Waals surface area contributed by atoms with Crippen LogP contribution in [0, 0.1) is 0 Å². The van der Waals surface area contributed by atoms with Crippen molar-refractivity contribution in [2.45, 2.75) is 19.3 Å². The Morgan fingerprint density at radius 1 is 0.411 bits per heavy atom. The van der Waals surface area contributed by atoms with Crippen LogP contribution in [0.5, 0.6) is 0 Å². The lowest BCUT2D eigenvalue weighted by molar-refractivity contribution is 0.661. The molecule has 11 rings (SSSR count). The first kappa shape index (κ1) is 32.3. The van der Waals surface area contributed by atoms with Gasteiger partial charge in [-0.05, 0) is 86.6 Å².